The van der Waals surface area contributed by atoms with Crippen molar-refractivity contribution in [1.29, 1.82) is 0 Å². The Balaban J connectivity index is 4.73. The molecular weight excluding hydrogens is 164 g/mol. The molecule has 0 atom stereocenters. The van der Waals surface area contributed by atoms with E-state index in [9.17, 15) is 9.00 Å². The second kappa shape index (κ2) is 2.91. The van der Waals surface area contributed by atoms with Crippen LogP contribution >= 0.6 is 0 Å². The van der Waals surface area contributed by atoms with Gasteiger partial charge in [-0.25, -0.2) is 4.21 Å². The monoisotopic (exact) mass is 178 g/mol. The van der Waals surface area contributed by atoms with Crippen molar-refractivity contribution in [2.75, 3.05) is 12.5 Å². The van der Waals surface area contributed by atoms with Gasteiger partial charge in [-0.15, -0.1) is 0 Å². The standard InChI is InChI=1S/C6H14N2O2S/c1-6(2,7)5(9)8-11(3,4)10/h7H2,1-4H3. The summed E-state index contributed by atoms with van der Waals surface area (Å²) in [6, 6.07) is 0. The molecule has 5 heteroatoms. The van der Waals surface area contributed by atoms with Gasteiger partial charge in [-0.1, -0.05) is 0 Å². The van der Waals surface area contributed by atoms with Gasteiger partial charge >= 0.3 is 0 Å². The predicted octanol–water partition coefficient (Wildman–Crippen LogP) is -0.0221. The molecule has 2 N–H and O–H groups in total. The molecule has 0 rings (SSSR count). The fourth-order valence-corrected chi connectivity index (χ4v) is 0.952. The van der Waals surface area contributed by atoms with Gasteiger partial charge in [-0.3, -0.25) is 4.79 Å². The van der Waals surface area contributed by atoms with Crippen LogP contribution < -0.4 is 5.73 Å². The number of nitrogens with zero attached hydrogens (tertiary/aromatic N) is 1. The molecule has 0 spiro atoms. The number of amides is 1. The number of hydrogen-bond donors (Lipinski definition) is 1. The van der Waals surface area contributed by atoms with Crippen molar-refractivity contribution < 1.29 is 9.00 Å². The first-order chi connectivity index (χ1) is 4.63. The fraction of sp³-hybridized carbons (Fsp3) is 0.833. The molecule has 0 aromatic carbocycles. The number of nitrogens with two attached hydrogens (primary N) is 1. The summed E-state index contributed by atoms with van der Waals surface area (Å²) in [6.45, 7) is 3.06. The van der Waals surface area contributed by atoms with Crippen LogP contribution in [0, 0.1) is 0 Å². The van der Waals surface area contributed by atoms with E-state index in [0.717, 1.165) is 0 Å². The molecule has 0 aromatic heterocycles. The van der Waals surface area contributed by atoms with Crippen molar-refractivity contribution in [3.63, 3.8) is 0 Å². The maximum atomic E-state index is 11.0. The Morgan fingerprint density at radius 3 is 1.91 bits per heavy atom. The smallest absolute Gasteiger partial charge is 0.273 e. The third-order valence-electron chi connectivity index (χ3n) is 0.854. The zero-order chi connectivity index (χ0) is 9.28. The van der Waals surface area contributed by atoms with Gasteiger partial charge < -0.3 is 5.73 Å². The second-order valence-electron chi connectivity index (χ2n) is 3.30. The van der Waals surface area contributed by atoms with E-state index in [1.165, 1.54) is 26.4 Å². The highest BCUT2D eigenvalue weighted by Gasteiger charge is 2.21. The summed E-state index contributed by atoms with van der Waals surface area (Å²) in [5, 5.41) is 0. The molecule has 0 bridgehead atoms. The van der Waals surface area contributed by atoms with Gasteiger partial charge in [0, 0.05) is 22.2 Å². The zero-order valence-electron chi connectivity index (χ0n) is 7.25. The Morgan fingerprint density at radius 1 is 1.45 bits per heavy atom. The summed E-state index contributed by atoms with van der Waals surface area (Å²) < 4.78 is 14.4. The Kier molecular flexibility index (Phi) is 2.79. The summed E-state index contributed by atoms with van der Waals surface area (Å²) >= 11 is 0. The lowest BCUT2D eigenvalue weighted by atomic mass is 10.1. The van der Waals surface area contributed by atoms with E-state index in [2.05, 4.69) is 4.36 Å². The van der Waals surface area contributed by atoms with Crippen molar-refractivity contribution >= 4 is 15.6 Å². The van der Waals surface area contributed by atoms with Gasteiger partial charge in [0.1, 0.15) is 0 Å². The summed E-state index contributed by atoms with van der Waals surface area (Å²) in [6.07, 6.45) is 2.80. The number of hydrogen-bond acceptors (Lipinski definition) is 3. The van der Waals surface area contributed by atoms with Gasteiger partial charge in [0.05, 0.1) is 5.54 Å². The first-order valence-electron chi connectivity index (χ1n) is 3.13. The third-order valence-corrected chi connectivity index (χ3v) is 1.46. The van der Waals surface area contributed by atoms with E-state index in [1.54, 1.807) is 0 Å². The van der Waals surface area contributed by atoms with Crippen molar-refractivity contribution in [2.45, 2.75) is 19.4 Å². The molecule has 0 saturated carbocycles. The van der Waals surface area contributed by atoms with Crippen LogP contribution in [-0.4, -0.2) is 28.2 Å². The van der Waals surface area contributed by atoms with Crippen LogP contribution in [0.5, 0.6) is 0 Å². The quantitative estimate of drug-likeness (QED) is 0.613. The topological polar surface area (TPSA) is 72.5 Å². The molecule has 0 aliphatic heterocycles. The average molecular weight is 178 g/mol. The first-order valence-corrected chi connectivity index (χ1v) is 5.46. The van der Waals surface area contributed by atoms with Gasteiger partial charge in [0.2, 0.25) is 0 Å². The largest absolute Gasteiger partial charge is 0.318 e. The lowest BCUT2D eigenvalue weighted by molar-refractivity contribution is -0.121. The Morgan fingerprint density at radius 2 is 1.82 bits per heavy atom. The molecule has 1 amide bonds. The SMILES string of the molecule is CC(C)(N)C(=O)N=S(C)(C)=O. The Labute approximate surface area is 67.3 Å². The van der Waals surface area contributed by atoms with E-state index >= 15 is 0 Å². The molecule has 4 nitrogen and oxygen atoms in total. The Bertz CT molecular complexity index is 261. The third kappa shape index (κ3) is 4.92. The molecule has 66 valence electrons. The lowest BCUT2D eigenvalue weighted by Gasteiger charge is -2.12. The number of rotatable bonds is 1. The maximum absolute atomic E-state index is 11.0. The van der Waals surface area contributed by atoms with E-state index in [1.807, 2.05) is 0 Å². The minimum atomic E-state index is -2.36. The van der Waals surface area contributed by atoms with Crippen LogP contribution in [0.1, 0.15) is 13.8 Å². The molecule has 0 aromatic rings. The van der Waals surface area contributed by atoms with Crippen LogP contribution in [0.4, 0.5) is 0 Å². The van der Waals surface area contributed by atoms with Crippen molar-refractivity contribution in [3.8, 4) is 0 Å². The summed E-state index contributed by atoms with van der Waals surface area (Å²) in [7, 11) is -2.36. The molecule has 0 aliphatic carbocycles. The normalized spacial score (nSPS) is 12.8. The van der Waals surface area contributed by atoms with Crippen LogP contribution in [0.15, 0.2) is 4.36 Å². The molecule has 0 heterocycles. The van der Waals surface area contributed by atoms with Gasteiger partial charge in [-0.2, -0.15) is 4.36 Å². The maximum Gasteiger partial charge on any atom is 0.273 e. The molecule has 0 fully saturated rings. The van der Waals surface area contributed by atoms with E-state index < -0.39 is 21.2 Å². The predicted molar refractivity (Wildman–Crippen MR) is 45.7 cm³/mol. The number of carbonyl (C=O) groups is 1. The van der Waals surface area contributed by atoms with E-state index in [4.69, 9.17) is 5.73 Å². The van der Waals surface area contributed by atoms with Crippen LogP contribution in [-0.2, 0) is 14.5 Å². The summed E-state index contributed by atoms with van der Waals surface area (Å²) in [4.78, 5) is 11.0. The van der Waals surface area contributed by atoms with Crippen molar-refractivity contribution in [1.82, 2.24) is 0 Å². The molecule has 0 aliphatic rings. The van der Waals surface area contributed by atoms with Crippen LogP contribution in [0.2, 0.25) is 0 Å². The molecule has 11 heavy (non-hydrogen) atoms. The van der Waals surface area contributed by atoms with Crippen LogP contribution in [0.3, 0.4) is 0 Å². The van der Waals surface area contributed by atoms with Crippen molar-refractivity contribution in [2.24, 2.45) is 10.1 Å². The zero-order valence-corrected chi connectivity index (χ0v) is 8.07. The first kappa shape index (κ1) is 10.6. The van der Waals surface area contributed by atoms with E-state index in [-0.39, 0.29) is 0 Å². The highest BCUT2D eigenvalue weighted by molar-refractivity contribution is 7.92. The minimum Gasteiger partial charge on any atom is -0.318 e. The molecule has 0 saturated heterocycles. The minimum absolute atomic E-state index is 0.521. The summed E-state index contributed by atoms with van der Waals surface area (Å²) in [5.74, 6) is -0.521. The molecule has 0 unspecified atom stereocenters. The second-order valence-corrected chi connectivity index (χ2v) is 5.84. The fourth-order valence-electron chi connectivity index (χ4n) is 0.317. The Hall–Kier alpha value is -0.420. The molecule has 0 radical (unpaired) electrons. The average Bonchev–Trinajstić information content (AvgIpc) is 1.56. The lowest BCUT2D eigenvalue weighted by Crippen LogP contribution is -2.40. The highest BCUT2D eigenvalue weighted by Crippen LogP contribution is 2.01. The van der Waals surface area contributed by atoms with Crippen molar-refractivity contribution in [3.05, 3.63) is 0 Å². The summed E-state index contributed by atoms with van der Waals surface area (Å²) in [5.41, 5.74) is 4.40. The van der Waals surface area contributed by atoms with Crippen LogP contribution in [0.25, 0.3) is 0 Å². The number of carbonyl (C=O) groups excluding carboxylic acids is 1. The van der Waals surface area contributed by atoms with Gasteiger partial charge in [-0.05, 0) is 13.8 Å². The van der Waals surface area contributed by atoms with Gasteiger partial charge in [0.25, 0.3) is 5.91 Å². The molecular formula is C6H14N2O2S. The highest BCUT2D eigenvalue weighted by atomic mass is 32.2. The van der Waals surface area contributed by atoms with Gasteiger partial charge in [0.15, 0.2) is 0 Å². The van der Waals surface area contributed by atoms with E-state index in [0.29, 0.717) is 0 Å².